The Hall–Kier alpha value is -2.54. The summed E-state index contributed by atoms with van der Waals surface area (Å²) in [5.74, 6) is -0.691. The Labute approximate surface area is 195 Å². The van der Waals surface area contributed by atoms with Gasteiger partial charge in [0.15, 0.2) is 12.1 Å². The topological polar surface area (TPSA) is 46.2 Å². The van der Waals surface area contributed by atoms with Gasteiger partial charge in [0.2, 0.25) is 0 Å². The molecule has 0 N–H and O–H groups in total. The van der Waals surface area contributed by atoms with Crippen molar-refractivity contribution in [3.63, 3.8) is 0 Å². The van der Waals surface area contributed by atoms with Gasteiger partial charge in [-0.25, -0.2) is 0 Å². The Morgan fingerprint density at radius 2 is 1.18 bits per heavy atom. The largest absolute Gasteiger partial charge is 0.358 e. The van der Waals surface area contributed by atoms with Crippen LogP contribution in [0.3, 0.4) is 0 Å². The maximum Gasteiger partial charge on any atom is 0.186 e. The SMILES string of the molecule is COC1O[C@H](COC(c2ccccc2)(c2ccccc2)c2ccccc2)[C@H]2OC(C)(C)O[C@@H]12. The molecule has 0 amide bonds. The highest BCUT2D eigenvalue weighted by Crippen LogP contribution is 2.43. The van der Waals surface area contributed by atoms with Crippen LogP contribution in [0.15, 0.2) is 91.0 Å². The van der Waals surface area contributed by atoms with Crippen molar-refractivity contribution in [1.29, 1.82) is 0 Å². The summed E-state index contributed by atoms with van der Waals surface area (Å²) in [4.78, 5) is 0. The van der Waals surface area contributed by atoms with Crippen molar-refractivity contribution >= 4 is 0 Å². The zero-order chi connectivity index (χ0) is 22.9. The molecule has 0 radical (unpaired) electrons. The molecule has 4 atom stereocenters. The van der Waals surface area contributed by atoms with Crippen LogP contribution < -0.4 is 0 Å². The monoisotopic (exact) mass is 446 g/mol. The highest BCUT2D eigenvalue weighted by molar-refractivity contribution is 5.47. The molecular weight excluding hydrogens is 416 g/mol. The second-order valence-corrected chi connectivity index (χ2v) is 8.93. The van der Waals surface area contributed by atoms with Gasteiger partial charge in [-0.2, -0.15) is 0 Å². The van der Waals surface area contributed by atoms with Crippen LogP contribution in [0.1, 0.15) is 30.5 Å². The lowest BCUT2D eigenvalue weighted by Gasteiger charge is -2.37. The van der Waals surface area contributed by atoms with E-state index in [1.54, 1.807) is 7.11 Å². The molecule has 1 unspecified atom stereocenters. The molecule has 0 aliphatic carbocycles. The molecule has 3 aromatic rings. The molecule has 5 nitrogen and oxygen atoms in total. The van der Waals surface area contributed by atoms with E-state index >= 15 is 0 Å². The first-order valence-corrected chi connectivity index (χ1v) is 11.4. The Bertz CT molecular complexity index is 941. The molecule has 33 heavy (non-hydrogen) atoms. The number of fused-ring (bicyclic) bond motifs is 1. The van der Waals surface area contributed by atoms with Gasteiger partial charge >= 0.3 is 0 Å². The molecular formula is C28H30O5. The molecule has 2 aliphatic heterocycles. The van der Waals surface area contributed by atoms with E-state index in [1.807, 2.05) is 68.4 Å². The van der Waals surface area contributed by atoms with Crippen LogP contribution in [0.25, 0.3) is 0 Å². The first-order chi connectivity index (χ1) is 16.0. The Kier molecular flexibility index (Phi) is 6.08. The van der Waals surface area contributed by atoms with Gasteiger partial charge in [-0.15, -0.1) is 0 Å². The van der Waals surface area contributed by atoms with E-state index in [4.69, 9.17) is 23.7 Å². The molecule has 5 heteroatoms. The van der Waals surface area contributed by atoms with Gasteiger partial charge in [-0.3, -0.25) is 0 Å². The van der Waals surface area contributed by atoms with E-state index in [-0.39, 0.29) is 18.3 Å². The zero-order valence-corrected chi connectivity index (χ0v) is 19.2. The van der Waals surface area contributed by atoms with E-state index in [9.17, 15) is 0 Å². The Morgan fingerprint density at radius 3 is 1.64 bits per heavy atom. The van der Waals surface area contributed by atoms with Gasteiger partial charge in [-0.05, 0) is 30.5 Å². The third-order valence-corrected chi connectivity index (χ3v) is 6.34. The number of hydrogen-bond acceptors (Lipinski definition) is 5. The average Bonchev–Trinajstić information content (AvgIpc) is 3.34. The fourth-order valence-corrected chi connectivity index (χ4v) is 4.94. The highest BCUT2D eigenvalue weighted by atomic mass is 16.8. The van der Waals surface area contributed by atoms with E-state index < -0.39 is 17.7 Å². The normalized spacial score (nSPS) is 26.3. The molecule has 0 aromatic heterocycles. The first kappa shape index (κ1) is 22.3. The first-order valence-electron chi connectivity index (χ1n) is 11.4. The lowest BCUT2D eigenvalue weighted by atomic mass is 9.80. The maximum atomic E-state index is 6.92. The number of methoxy groups -OCH3 is 1. The third kappa shape index (κ3) is 4.12. The Morgan fingerprint density at radius 1 is 0.727 bits per heavy atom. The lowest BCUT2D eigenvalue weighted by Crippen LogP contribution is -2.39. The smallest absolute Gasteiger partial charge is 0.186 e. The fourth-order valence-electron chi connectivity index (χ4n) is 4.94. The highest BCUT2D eigenvalue weighted by Gasteiger charge is 2.56. The zero-order valence-electron chi connectivity index (χ0n) is 19.2. The summed E-state index contributed by atoms with van der Waals surface area (Å²) < 4.78 is 30.9. The van der Waals surface area contributed by atoms with Crippen LogP contribution in [0.2, 0.25) is 0 Å². The van der Waals surface area contributed by atoms with Gasteiger partial charge in [0.1, 0.15) is 23.9 Å². The summed E-state index contributed by atoms with van der Waals surface area (Å²) in [6.07, 6.45) is -1.40. The molecule has 2 saturated heterocycles. The van der Waals surface area contributed by atoms with Crippen LogP contribution in [0.5, 0.6) is 0 Å². The molecule has 2 heterocycles. The van der Waals surface area contributed by atoms with Crippen LogP contribution in [-0.2, 0) is 29.3 Å². The number of ether oxygens (including phenoxy) is 5. The van der Waals surface area contributed by atoms with Crippen LogP contribution in [0, 0.1) is 0 Å². The standard InChI is InChI=1S/C28H30O5/c1-27(2)32-24-23(31-26(29-3)25(24)33-27)19-30-28(20-13-7-4-8-14-20,21-15-9-5-10-16-21)22-17-11-6-12-18-22/h4-18,23-26H,19H2,1-3H3/t23-,24-,25-,26?/m1/s1. The second-order valence-electron chi connectivity index (χ2n) is 8.93. The van der Waals surface area contributed by atoms with Crippen molar-refractivity contribution in [2.45, 2.75) is 49.8 Å². The predicted molar refractivity (Wildman–Crippen MR) is 125 cm³/mol. The van der Waals surface area contributed by atoms with Crippen molar-refractivity contribution in [2.75, 3.05) is 13.7 Å². The third-order valence-electron chi connectivity index (χ3n) is 6.34. The van der Waals surface area contributed by atoms with E-state index in [2.05, 4.69) is 36.4 Å². The van der Waals surface area contributed by atoms with Gasteiger partial charge in [0.05, 0.1) is 6.61 Å². The van der Waals surface area contributed by atoms with E-state index in [0.29, 0.717) is 6.61 Å². The summed E-state index contributed by atoms with van der Waals surface area (Å²) in [6, 6.07) is 30.9. The minimum Gasteiger partial charge on any atom is -0.358 e. The molecule has 2 aliphatic rings. The van der Waals surface area contributed by atoms with Gasteiger partial charge in [0.25, 0.3) is 0 Å². The second kappa shape index (κ2) is 9.01. The summed E-state index contributed by atoms with van der Waals surface area (Å²) in [5, 5.41) is 0. The number of rotatable bonds is 7. The van der Waals surface area contributed by atoms with E-state index in [1.165, 1.54) is 0 Å². The van der Waals surface area contributed by atoms with Crippen molar-refractivity contribution in [1.82, 2.24) is 0 Å². The van der Waals surface area contributed by atoms with E-state index in [0.717, 1.165) is 16.7 Å². The number of benzene rings is 3. The van der Waals surface area contributed by atoms with Crippen molar-refractivity contribution in [2.24, 2.45) is 0 Å². The minimum absolute atomic E-state index is 0.273. The molecule has 2 fully saturated rings. The van der Waals surface area contributed by atoms with Crippen molar-refractivity contribution in [3.8, 4) is 0 Å². The average molecular weight is 447 g/mol. The van der Waals surface area contributed by atoms with Crippen LogP contribution in [-0.4, -0.2) is 44.1 Å². The van der Waals surface area contributed by atoms with Gasteiger partial charge in [-0.1, -0.05) is 91.0 Å². The maximum absolute atomic E-state index is 6.92. The van der Waals surface area contributed by atoms with Crippen molar-refractivity contribution < 1.29 is 23.7 Å². The van der Waals surface area contributed by atoms with Crippen molar-refractivity contribution in [3.05, 3.63) is 108 Å². The number of hydrogen-bond donors (Lipinski definition) is 0. The molecule has 5 rings (SSSR count). The molecule has 0 bridgehead atoms. The molecule has 3 aromatic carbocycles. The predicted octanol–water partition coefficient (Wildman–Crippen LogP) is 4.89. The summed E-state index contributed by atoms with van der Waals surface area (Å²) in [6.45, 7) is 4.13. The molecule has 172 valence electrons. The fraction of sp³-hybridized carbons (Fsp3) is 0.357. The lowest BCUT2D eigenvalue weighted by molar-refractivity contribution is -0.234. The van der Waals surface area contributed by atoms with Crippen LogP contribution >= 0.6 is 0 Å². The van der Waals surface area contributed by atoms with Crippen LogP contribution in [0.4, 0.5) is 0 Å². The summed E-state index contributed by atoms with van der Waals surface area (Å²) >= 11 is 0. The van der Waals surface area contributed by atoms with Gasteiger partial charge < -0.3 is 23.7 Å². The molecule has 0 saturated carbocycles. The minimum atomic E-state index is -0.817. The van der Waals surface area contributed by atoms with Gasteiger partial charge in [0, 0.05) is 7.11 Å². The summed E-state index contributed by atoms with van der Waals surface area (Å²) in [5.41, 5.74) is 2.32. The summed E-state index contributed by atoms with van der Waals surface area (Å²) in [7, 11) is 1.63. The quantitative estimate of drug-likeness (QED) is 0.484. The Balaban J connectivity index is 1.55. The molecule has 0 spiro atoms.